The first-order valence-corrected chi connectivity index (χ1v) is 6.41. The Kier molecular flexibility index (Phi) is 2.42. The normalized spacial score (nSPS) is 40.6. The van der Waals surface area contributed by atoms with Crippen molar-refractivity contribution >= 4 is 11.6 Å². The maximum Gasteiger partial charge on any atom is 0.204 e. The van der Waals surface area contributed by atoms with Gasteiger partial charge in [-0.05, 0) is 18.8 Å². The molecule has 2 saturated carbocycles. The SMILES string of the molecule is CC12CCC3(CC1CCC(=O)C2=O)OCCO3. The van der Waals surface area contributed by atoms with E-state index < -0.39 is 11.2 Å². The molecule has 94 valence electrons. The molecule has 0 aromatic heterocycles. The van der Waals surface area contributed by atoms with Crippen LogP contribution in [0.25, 0.3) is 0 Å². The highest BCUT2D eigenvalue weighted by atomic mass is 16.7. The van der Waals surface area contributed by atoms with Crippen LogP contribution in [-0.2, 0) is 19.1 Å². The van der Waals surface area contributed by atoms with Crippen LogP contribution in [0.1, 0.15) is 39.0 Å². The van der Waals surface area contributed by atoms with Crippen LogP contribution in [0.4, 0.5) is 0 Å². The monoisotopic (exact) mass is 238 g/mol. The maximum absolute atomic E-state index is 12.1. The van der Waals surface area contributed by atoms with Crippen LogP contribution < -0.4 is 0 Å². The smallest absolute Gasteiger partial charge is 0.204 e. The average Bonchev–Trinajstić information content (AvgIpc) is 2.76. The zero-order valence-corrected chi connectivity index (χ0v) is 10.2. The van der Waals surface area contributed by atoms with Crippen LogP contribution in [0.5, 0.6) is 0 Å². The molecule has 1 spiro atoms. The highest BCUT2D eigenvalue weighted by molar-refractivity contribution is 6.39. The Hall–Kier alpha value is -0.740. The van der Waals surface area contributed by atoms with E-state index in [1.54, 1.807) is 0 Å². The minimum atomic E-state index is -0.462. The molecule has 0 N–H and O–H groups in total. The zero-order chi connectivity index (χ0) is 12.1. The summed E-state index contributed by atoms with van der Waals surface area (Å²) in [6, 6.07) is 0. The third-order valence-corrected chi connectivity index (χ3v) is 4.79. The first kappa shape index (κ1) is 11.4. The quantitative estimate of drug-likeness (QED) is 0.600. The summed E-state index contributed by atoms with van der Waals surface area (Å²) in [5.74, 6) is -0.570. The van der Waals surface area contributed by atoms with Crippen molar-refractivity contribution in [3.05, 3.63) is 0 Å². The predicted molar refractivity (Wildman–Crippen MR) is 59.3 cm³/mol. The Bertz CT molecular complexity index is 370. The predicted octanol–water partition coefficient (Wildman–Crippen LogP) is 1.47. The lowest BCUT2D eigenvalue weighted by Gasteiger charge is -2.48. The van der Waals surface area contributed by atoms with Crippen molar-refractivity contribution in [3.63, 3.8) is 0 Å². The van der Waals surface area contributed by atoms with E-state index >= 15 is 0 Å². The number of fused-ring (bicyclic) bond motifs is 1. The van der Waals surface area contributed by atoms with Crippen LogP contribution >= 0.6 is 0 Å². The number of Topliss-reactive ketones (excluding diaryl/α,β-unsaturated/α-hetero) is 2. The summed E-state index contributed by atoms with van der Waals surface area (Å²) in [5.41, 5.74) is -0.462. The number of ketones is 2. The van der Waals surface area contributed by atoms with E-state index in [1.807, 2.05) is 6.92 Å². The highest BCUT2D eigenvalue weighted by Crippen LogP contribution is 2.52. The summed E-state index contributed by atoms with van der Waals surface area (Å²) in [7, 11) is 0. The van der Waals surface area contributed by atoms with Crippen molar-refractivity contribution in [2.75, 3.05) is 13.2 Å². The van der Waals surface area contributed by atoms with Gasteiger partial charge in [-0.2, -0.15) is 0 Å². The van der Waals surface area contributed by atoms with Gasteiger partial charge in [-0.3, -0.25) is 9.59 Å². The number of ether oxygens (including phenoxy) is 2. The van der Waals surface area contributed by atoms with Crippen molar-refractivity contribution < 1.29 is 19.1 Å². The van der Waals surface area contributed by atoms with E-state index in [2.05, 4.69) is 0 Å². The molecule has 0 amide bonds. The van der Waals surface area contributed by atoms with Gasteiger partial charge in [-0.1, -0.05) is 6.92 Å². The summed E-state index contributed by atoms with van der Waals surface area (Å²) in [6.07, 6.45) is 3.41. The molecule has 1 aliphatic heterocycles. The second-order valence-electron chi connectivity index (χ2n) is 5.72. The molecule has 0 bridgehead atoms. The summed E-state index contributed by atoms with van der Waals surface area (Å²) in [5, 5.41) is 0. The minimum Gasteiger partial charge on any atom is -0.348 e. The largest absolute Gasteiger partial charge is 0.348 e. The van der Waals surface area contributed by atoms with Crippen molar-refractivity contribution in [3.8, 4) is 0 Å². The second-order valence-corrected chi connectivity index (χ2v) is 5.72. The van der Waals surface area contributed by atoms with Crippen molar-refractivity contribution in [2.45, 2.75) is 44.8 Å². The lowest BCUT2D eigenvalue weighted by Crippen LogP contribution is -2.52. The summed E-state index contributed by atoms with van der Waals surface area (Å²) >= 11 is 0. The van der Waals surface area contributed by atoms with E-state index in [-0.39, 0.29) is 17.5 Å². The van der Waals surface area contributed by atoms with Gasteiger partial charge in [0, 0.05) is 24.7 Å². The molecule has 0 aromatic rings. The molecule has 3 rings (SSSR count). The summed E-state index contributed by atoms with van der Waals surface area (Å²) in [6.45, 7) is 3.24. The van der Waals surface area contributed by atoms with Crippen molar-refractivity contribution in [1.29, 1.82) is 0 Å². The first-order valence-electron chi connectivity index (χ1n) is 6.41. The van der Waals surface area contributed by atoms with Gasteiger partial charge in [0.05, 0.1) is 13.2 Å². The van der Waals surface area contributed by atoms with Crippen LogP contribution in [-0.4, -0.2) is 30.6 Å². The van der Waals surface area contributed by atoms with Gasteiger partial charge in [0.25, 0.3) is 0 Å². The molecule has 2 aliphatic carbocycles. The van der Waals surface area contributed by atoms with E-state index in [4.69, 9.17) is 9.47 Å². The molecule has 17 heavy (non-hydrogen) atoms. The molecule has 3 aliphatic rings. The summed E-state index contributed by atoms with van der Waals surface area (Å²) < 4.78 is 11.4. The van der Waals surface area contributed by atoms with Gasteiger partial charge < -0.3 is 9.47 Å². The third-order valence-electron chi connectivity index (χ3n) is 4.79. The van der Waals surface area contributed by atoms with Gasteiger partial charge in [-0.25, -0.2) is 0 Å². The molecular formula is C13H18O4. The zero-order valence-electron chi connectivity index (χ0n) is 10.2. The van der Waals surface area contributed by atoms with E-state index in [0.29, 0.717) is 26.1 Å². The van der Waals surface area contributed by atoms with Crippen LogP contribution in [0.3, 0.4) is 0 Å². The second kappa shape index (κ2) is 3.62. The molecule has 4 heteroatoms. The molecular weight excluding hydrogens is 220 g/mol. The van der Waals surface area contributed by atoms with E-state index in [9.17, 15) is 9.59 Å². The average molecular weight is 238 g/mol. The number of hydrogen-bond acceptors (Lipinski definition) is 4. The van der Waals surface area contributed by atoms with Crippen LogP contribution in [0.15, 0.2) is 0 Å². The maximum atomic E-state index is 12.1. The number of carbonyl (C=O) groups is 2. The topological polar surface area (TPSA) is 52.6 Å². The molecule has 0 radical (unpaired) electrons. The fourth-order valence-electron chi connectivity index (χ4n) is 3.57. The van der Waals surface area contributed by atoms with Gasteiger partial charge in [0.15, 0.2) is 11.6 Å². The Morgan fingerprint density at radius 1 is 1.18 bits per heavy atom. The van der Waals surface area contributed by atoms with Gasteiger partial charge in [-0.15, -0.1) is 0 Å². The summed E-state index contributed by atoms with van der Waals surface area (Å²) in [4.78, 5) is 23.6. The molecule has 3 fully saturated rings. The fourth-order valence-corrected chi connectivity index (χ4v) is 3.57. The van der Waals surface area contributed by atoms with Gasteiger partial charge in [0.2, 0.25) is 5.78 Å². The Morgan fingerprint density at radius 2 is 1.88 bits per heavy atom. The highest BCUT2D eigenvalue weighted by Gasteiger charge is 2.55. The lowest BCUT2D eigenvalue weighted by molar-refractivity contribution is -0.209. The Labute approximate surface area is 101 Å². The van der Waals surface area contributed by atoms with Crippen molar-refractivity contribution in [2.24, 2.45) is 11.3 Å². The first-order chi connectivity index (χ1) is 8.06. The molecule has 4 nitrogen and oxygen atoms in total. The minimum absolute atomic E-state index is 0.165. The third kappa shape index (κ3) is 1.58. The van der Waals surface area contributed by atoms with Crippen LogP contribution in [0.2, 0.25) is 0 Å². The molecule has 2 atom stereocenters. The Morgan fingerprint density at radius 3 is 2.59 bits per heavy atom. The van der Waals surface area contributed by atoms with Crippen molar-refractivity contribution in [1.82, 2.24) is 0 Å². The van der Waals surface area contributed by atoms with Gasteiger partial charge >= 0.3 is 0 Å². The molecule has 1 saturated heterocycles. The number of hydrogen-bond donors (Lipinski definition) is 0. The van der Waals surface area contributed by atoms with E-state index in [0.717, 1.165) is 19.3 Å². The number of rotatable bonds is 0. The van der Waals surface area contributed by atoms with Gasteiger partial charge in [0.1, 0.15) is 0 Å². The number of carbonyl (C=O) groups excluding carboxylic acids is 2. The Balaban J connectivity index is 1.85. The van der Waals surface area contributed by atoms with Crippen LogP contribution in [0, 0.1) is 11.3 Å². The standard InChI is InChI=1S/C13H18O4/c1-12-4-5-13(16-6-7-17-13)8-9(12)2-3-10(14)11(12)15/h9H,2-8H2,1H3. The molecule has 2 unspecified atom stereocenters. The molecule has 0 aromatic carbocycles. The lowest BCUT2D eigenvalue weighted by atomic mass is 9.58. The molecule has 1 heterocycles. The van der Waals surface area contributed by atoms with E-state index in [1.165, 1.54) is 0 Å². The fraction of sp³-hybridized carbons (Fsp3) is 0.846.